The molecule has 0 unspecified atom stereocenters. The summed E-state index contributed by atoms with van der Waals surface area (Å²) in [7, 11) is 2.06. The van der Waals surface area contributed by atoms with E-state index in [2.05, 4.69) is 42.3 Å². The number of aryl methyl sites for hydroxylation is 2. The normalized spacial score (nSPS) is 15.0. The fourth-order valence-corrected chi connectivity index (χ4v) is 2.71. The molecule has 0 radical (unpaired) electrons. The highest BCUT2D eigenvalue weighted by Gasteiger charge is 2.32. The summed E-state index contributed by atoms with van der Waals surface area (Å²) in [4.78, 5) is 4.41. The lowest BCUT2D eigenvalue weighted by atomic mass is 10.1. The van der Waals surface area contributed by atoms with E-state index in [0.29, 0.717) is 6.04 Å². The Morgan fingerprint density at radius 2 is 1.83 bits per heavy atom. The van der Waals surface area contributed by atoms with Crippen LogP contribution in [-0.4, -0.2) is 56.2 Å². The van der Waals surface area contributed by atoms with Crippen LogP contribution in [0.1, 0.15) is 11.5 Å². The van der Waals surface area contributed by atoms with Crippen LogP contribution >= 0.6 is 0 Å². The van der Waals surface area contributed by atoms with Crippen molar-refractivity contribution in [2.45, 2.75) is 19.9 Å². The number of anilines is 2. The first-order chi connectivity index (χ1) is 11.1. The summed E-state index contributed by atoms with van der Waals surface area (Å²) in [6, 6.07) is 8.34. The van der Waals surface area contributed by atoms with E-state index in [0.717, 1.165) is 41.9 Å². The number of rotatable bonds is 3. The maximum Gasteiger partial charge on any atom is 0.178 e. The van der Waals surface area contributed by atoms with Gasteiger partial charge in [-0.3, -0.25) is 0 Å². The van der Waals surface area contributed by atoms with Crippen LogP contribution in [0.3, 0.4) is 0 Å². The molecule has 8 heteroatoms. The molecular formula is C15H18N8. The molecule has 0 saturated carbocycles. The van der Waals surface area contributed by atoms with E-state index in [-0.39, 0.29) is 0 Å². The van der Waals surface area contributed by atoms with E-state index in [9.17, 15) is 0 Å². The van der Waals surface area contributed by atoms with Crippen LogP contribution in [0.4, 0.5) is 11.6 Å². The maximum atomic E-state index is 4.61. The molecule has 3 aromatic heterocycles. The van der Waals surface area contributed by atoms with Gasteiger partial charge in [-0.15, -0.1) is 20.4 Å². The molecule has 3 aromatic rings. The van der Waals surface area contributed by atoms with Crippen LogP contribution in [0.2, 0.25) is 0 Å². The van der Waals surface area contributed by atoms with Crippen LogP contribution in [0.15, 0.2) is 24.3 Å². The van der Waals surface area contributed by atoms with E-state index in [1.54, 1.807) is 4.52 Å². The Morgan fingerprint density at radius 1 is 1.00 bits per heavy atom. The van der Waals surface area contributed by atoms with Gasteiger partial charge >= 0.3 is 0 Å². The van der Waals surface area contributed by atoms with Crippen molar-refractivity contribution in [1.82, 2.24) is 30.0 Å². The Hall–Kier alpha value is -2.77. The second-order valence-corrected chi connectivity index (χ2v) is 5.91. The highest BCUT2D eigenvalue weighted by Crippen LogP contribution is 2.24. The van der Waals surface area contributed by atoms with Gasteiger partial charge in [-0.25, -0.2) is 0 Å². The third-order valence-electron chi connectivity index (χ3n) is 4.28. The van der Waals surface area contributed by atoms with Crippen LogP contribution in [0.5, 0.6) is 0 Å². The second-order valence-electron chi connectivity index (χ2n) is 5.91. The predicted molar refractivity (Wildman–Crippen MR) is 86.7 cm³/mol. The van der Waals surface area contributed by atoms with Gasteiger partial charge in [0.15, 0.2) is 17.3 Å². The van der Waals surface area contributed by atoms with Crippen molar-refractivity contribution in [2.24, 2.45) is 0 Å². The maximum absolute atomic E-state index is 4.61. The quantitative estimate of drug-likeness (QED) is 0.710. The smallest absolute Gasteiger partial charge is 0.178 e. The minimum atomic E-state index is 0.409. The molecule has 0 aliphatic carbocycles. The summed E-state index contributed by atoms with van der Waals surface area (Å²) in [6.45, 7) is 5.66. The van der Waals surface area contributed by atoms with Crippen molar-refractivity contribution in [1.29, 1.82) is 0 Å². The summed E-state index contributed by atoms with van der Waals surface area (Å²) >= 11 is 0. The van der Waals surface area contributed by atoms with Crippen molar-refractivity contribution in [3.05, 3.63) is 35.8 Å². The number of aromatic nitrogens is 6. The van der Waals surface area contributed by atoms with Crippen LogP contribution < -0.4 is 9.80 Å². The van der Waals surface area contributed by atoms with Gasteiger partial charge in [0, 0.05) is 20.1 Å². The van der Waals surface area contributed by atoms with Crippen molar-refractivity contribution in [3.63, 3.8) is 0 Å². The van der Waals surface area contributed by atoms with Gasteiger partial charge in [0.1, 0.15) is 5.82 Å². The molecule has 1 aliphatic heterocycles. The first kappa shape index (κ1) is 13.9. The SMILES string of the molecule is Cc1ccc(N(C)C2CN(c3ccc4nnc(C)n4n3)C2)nn1. The van der Waals surface area contributed by atoms with Crippen LogP contribution in [0, 0.1) is 13.8 Å². The van der Waals surface area contributed by atoms with Gasteiger partial charge in [0.05, 0.1) is 11.7 Å². The highest BCUT2D eigenvalue weighted by molar-refractivity contribution is 5.50. The Morgan fingerprint density at radius 3 is 2.57 bits per heavy atom. The first-order valence-corrected chi connectivity index (χ1v) is 7.59. The van der Waals surface area contributed by atoms with Crippen molar-refractivity contribution >= 4 is 17.3 Å². The van der Waals surface area contributed by atoms with Gasteiger partial charge in [-0.05, 0) is 38.1 Å². The van der Waals surface area contributed by atoms with Crippen molar-refractivity contribution < 1.29 is 0 Å². The number of hydrogen-bond donors (Lipinski definition) is 0. The lowest BCUT2D eigenvalue weighted by molar-refractivity contribution is 0.485. The summed E-state index contributed by atoms with van der Waals surface area (Å²) in [5.41, 5.74) is 1.70. The second kappa shape index (κ2) is 5.15. The number of hydrogen-bond acceptors (Lipinski definition) is 7. The lowest BCUT2D eigenvalue weighted by Crippen LogP contribution is -2.59. The summed E-state index contributed by atoms with van der Waals surface area (Å²) < 4.78 is 1.78. The van der Waals surface area contributed by atoms with E-state index in [1.807, 2.05) is 38.1 Å². The zero-order valence-corrected chi connectivity index (χ0v) is 13.4. The molecule has 4 heterocycles. The third kappa shape index (κ3) is 2.36. The van der Waals surface area contributed by atoms with E-state index in [1.165, 1.54) is 0 Å². The average Bonchev–Trinajstić information content (AvgIpc) is 2.88. The number of fused-ring (bicyclic) bond motifs is 1. The molecule has 1 fully saturated rings. The molecule has 0 amide bonds. The molecule has 0 atom stereocenters. The monoisotopic (exact) mass is 310 g/mol. The Balaban J connectivity index is 1.47. The predicted octanol–water partition coefficient (Wildman–Crippen LogP) is 0.856. The van der Waals surface area contributed by atoms with Gasteiger partial charge in [-0.1, -0.05) is 0 Å². The molecule has 0 aromatic carbocycles. The first-order valence-electron chi connectivity index (χ1n) is 7.59. The summed E-state index contributed by atoms with van der Waals surface area (Å²) in [5, 5.41) is 21.1. The largest absolute Gasteiger partial charge is 0.352 e. The molecule has 23 heavy (non-hydrogen) atoms. The molecule has 8 nitrogen and oxygen atoms in total. The summed E-state index contributed by atoms with van der Waals surface area (Å²) in [5.74, 6) is 2.64. The standard InChI is InChI=1S/C15H18N8/c1-10-4-5-13(18-16-10)21(3)12-8-22(9-12)15-7-6-14-19-17-11(2)23(14)20-15/h4-7,12H,8-9H2,1-3H3. The topological polar surface area (TPSA) is 75.3 Å². The number of likely N-dealkylation sites (N-methyl/N-ethyl adjacent to an activating group) is 1. The minimum absolute atomic E-state index is 0.409. The van der Waals surface area contributed by atoms with Gasteiger partial charge in [0.2, 0.25) is 0 Å². The zero-order valence-electron chi connectivity index (χ0n) is 13.4. The van der Waals surface area contributed by atoms with Crippen molar-refractivity contribution in [3.8, 4) is 0 Å². The van der Waals surface area contributed by atoms with Crippen LogP contribution in [-0.2, 0) is 0 Å². The molecule has 118 valence electrons. The fourth-order valence-electron chi connectivity index (χ4n) is 2.71. The van der Waals surface area contributed by atoms with Crippen molar-refractivity contribution in [2.75, 3.05) is 29.9 Å². The third-order valence-corrected chi connectivity index (χ3v) is 4.28. The fraction of sp³-hybridized carbons (Fsp3) is 0.400. The summed E-state index contributed by atoms with van der Waals surface area (Å²) in [6.07, 6.45) is 0. The van der Waals surface area contributed by atoms with E-state index >= 15 is 0 Å². The minimum Gasteiger partial charge on any atom is -0.352 e. The molecule has 1 saturated heterocycles. The van der Waals surface area contributed by atoms with Gasteiger partial charge < -0.3 is 9.80 Å². The van der Waals surface area contributed by atoms with Gasteiger partial charge in [-0.2, -0.15) is 9.61 Å². The molecule has 1 aliphatic rings. The van der Waals surface area contributed by atoms with Gasteiger partial charge in [0.25, 0.3) is 0 Å². The number of nitrogens with zero attached hydrogens (tertiary/aromatic N) is 8. The highest BCUT2D eigenvalue weighted by atomic mass is 15.4. The Kier molecular flexibility index (Phi) is 3.10. The Labute approximate surface area is 133 Å². The van der Waals surface area contributed by atoms with E-state index < -0.39 is 0 Å². The zero-order chi connectivity index (χ0) is 16.0. The molecule has 0 bridgehead atoms. The Bertz CT molecular complexity index is 834. The molecule has 0 N–H and O–H groups in total. The van der Waals surface area contributed by atoms with E-state index in [4.69, 9.17) is 0 Å². The van der Waals surface area contributed by atoms with Crippen LogP contribution in [0.25, 0.3) is 5.65 Å². The lowest BCUT2D eigenvalue weighted by Gasteiger charge is -2.44. The molecule has 0 spiro atoms. The average molecular weight is 310 g/mol. The molecule has 4 rings (SSSR count). The molecular weight excluding hydrogens is 292 g/mol.